The first-order valence-corrected chi connectivity index (χ1v) is 7.64. The van der Waals surface area contributed by atoms with E-state index in [0.29, 0.717) is 18.0 Å². The highest BCUT2D eigenvalue weighted by molar-refractivity contribution is 5.90. The van der Waals surface area contributed by atoms with E-state index in [4.69, 9.17) is 4.74 Å². The summed E-state index contributed by atoms with van der Waals surface area (Å²) in [5.74, 6) is 0.411. The van der Waals surface area contributed by atoms with Crippen molar-refractivity contribution in [1.29, 1.82) is 0 Å². The largest absolute Gasteiger partial charge is 0.497 e. The maximum atomic E-state index is 13.4. The van der Waals surface area contributed by atoms with Gasteiger partial charge in [0, 0.05) is 18.3 Å². The molecule has 120 valence electrons. The van der Waals surface area contributed by atoms with Crippen LogP contribution >= 0.6 is 0 Å². The molecule has 1 saturated heterocycles. The zero-order valence-electron chi connectivity index (χ0n) is 13.0. The standard InChI is InChI=1S/C18H19FN2O2/c1-23-16-8-3-7-15(12-16)20-18(22)21-10-4-9-17(21)13-5-2-6-14(19)11-13/h2-3,5-8,11-12,17H,4,9-10H2,1H3,(H,20,22)/t17-/m1/s1. The van der Waals surface area contributed by atoms with Crippen molar-refractivity contribution in [3.8, 4) is 5.75 Å². The SMILES string of the molecule is COc1cccc(NC(=O)N2CCC[C@@H]2c2cccc(F)c2)c1. The zero-order valence-corrected chi connectivity index (χ0v) is 13.0. The molecule has 0 unspecified atom stereocenters. The number of rotatable bonds is 3. The second kappa shape index (κ2) is 6.69. The molecule has 1 aliphatic rings. The molecule has 2 aromatic rings. The molecule has 1 aliphatic heterocycles. The monoisotopic (exact) mass is 314 g/mol. The molecule has 1 N–H and O–H groups in total. The second-order valence-electron chi connectivity index (χ2n) is 5.57. The molecule has 1 heterocycles. The van der Waals surface area contributed by atoms with Crippen LogP contribution in [-0.4, -0.2) is 24.6 Å². The summed E-state index contributed by atoms with van der Waals surface area (Å²) < 4.78 is 18.6. The molecule has 0 bridgehead atoms. The summed E-state index contributed by atoms with van der Waals surface area (Å²) >= 11 is 0. The van der Waals surface area contributed by atoms with Crippen molar-refractivity contribution in [3.05, 3.63) is 59.9 Å². The van der Waals surface area contributed by atoms with E-state index in [1.54, 1.807) is 24.1 Å². The lowest BCUT2D eigenvalue weighted by Gasteiger charge is -2.25. The number of anilines is 1. The first-order chi connectivity index (χ1) is 11.2. The Morgan fingerprint density at radius 1 is 1.26 bits per heavy atom. The predicted molar refractivity (Wildman–Crippen MR) is 87.1 cm³/mol. The van der Waals surface area contributed by atoms with Crippen molar-refractivity contribution < 1.29 is 13.9 Å². The van der Waals surface area contributed by atoms with Crippen LogP contribution in [0.3, 0.4) is 0 Å². The van der Waals surface area contributed by atoms with Crippen molar-refractivity contribution in [2.75, 3.05) is 19.0 Å². The molecule has 2 amide bonds. The zero-order chi connectivity index (χ0) is 16.2. The number of nitrogens with one attached hydrogen (secondary N) is 1. The average molecular weight is 314 g/mol. The summed E-state index contributed by atoms with van der Waals surface area (Å²) in [5.41, 5.74) is 1.52. The van der Waals surface area contributed by atoms with Crippen LogP contribution in [-0.2, 0) is 0 Å². The molecular weight excluding hydrogens is 295 g/mol. The number of hydrogen-bond donors (Lipinski definition) is 1. The minimum atomic E-state index is -0.275. The molecule has 2 aromatic carbocycles. The van der Waals surface area contributed by atoms with Gasteiger partial charge >= 0.3 is 6.03 Å². The highest BCUT2D eigenvalue weighted by Crippen LogP contribution is 2.32. The van der Waals surface area contributed by atoms with Gasteiger partial charge in [0.2, 0.25) is 0 Å². The predicted octanol–water partition coefficient (Wildman–Crippen LogP) is 4.20. The van der Waals surface area contributed by atoms with Gasteiger partial charge in [-0.15, -0.1) is 0 Å². The van der Waals surface area contributed by atoms with Gasteiger partial charge in [-0.05, 0) is 42.7 Å². The maximum absolute atomic E-state index is 13.4. The van der Waals surface area contributed by atoms with Crippen molar-refractivity contribution in [2.24, 2.45) is 0 Å². The molecule has 0 aromatic heterocycles. The van der Waals surface area contributed by atoms with Gasteiger partial charge in [-0.2, -0.15) is 0 Å². The molecule has 0 radical (unpaired) electrons. The lowest BCUT2D eigenvalue weighted by Crippen LogP contribution is -2.34. The van der Waals surface area contributed by atoms with Crippen molar-refractivity contribution in [3.63, 3.8) is 0 Å². The molecule has 1 fully saturated rings. The minimum Gasteiger partial charge on any atom is -0.497 e. The number of urea groups is 1. The van der Waals surface area contributed by atoms with E-state index >= 15 is 0 Å². The van der Waals surface area contributed by atoms with Gasteiger partial charge in [-0.1, -0.05) is 18.2 Å². The van der Waals surface area contributed by atoms with Gasteiger partial charge in [0.25, 0.3) is 0 Å². The Labute approximate surface area is 134 Å². The van der Waals surface area contributed by atoms with E-state index in [0.717, 1.165) is 18.4 Å². The number of likely N-dealkylation sites (tertiary alicyclic amines) is 1. The molecule has 5 heteroatoms. The fourth-order valence-electron chi connectivity index (χ4n) is 2.97. The molecule has 0 saturated carbocycles. The lowest BCUT2D eigenvalue weighted by atomic mass is 10.0. The number of ether oxygens (including phenoxy) is 1. The fraction of sp³-hybridized carbons (Fsp3) is 0.278. The third-order valence-corrected chi connectivity index (χ3v) is 4.07. The average Bonchev–Trinajstić information content (AvgIpc) is 3.05. The topological polar surface area (TPSA) is 41.6 Å². The Kier molecular flexibility index (Phi) is 4.46. The van der Waals surface area contributed by atoms with Crippen LogP contribution in [0.2, 0.25) is 0 Å². The molecule has 0 spiro atoms. The normalized spacial score (nSPS) is 17.1. The minimum absolute atomic E-state index is 0.0868. The highest BCUT2D eigenvalue weighted by atomic mass is 19.1. The van der Waals surface area contributed by atoms with E-state index in [-0.39, 0.29) is 17.9 Å². The van der Waals surface area contributed by atoms with E-state index in [2.05, 4.69) is 5.32 Å². The van der Waals surface area contributed by atoms with Crippen LogP contribution in [0.1, 0.15) is 24.4 Å². The molecule has 1 atom stereocenters. The Morgan fingerprint density at radius 2 is 2.09 bits per heavy atom. The third-order valence-electron chi connectivity index (χ3n) is 4.07. The van der Waals surface area contributed by atoms with Crippen LogP contribution in [0.15, 0.2) is 48.5 Å². The summed E-state index contributed by atoms with van der Waals surface area (Å²) in [4.78, 5) is 14.3. The van der Waals surface area contributed by atoms with Crippen LogP contribution in [0.4, 0.5) is 14.9 Å². The Bertz CT molecular complexity index is 705. The third kappa shape index (κ3) is 3.44. The van der Waals surface area contributed by atoms with Crippen molar-refractivity contribution in [2.45, 2.75) is 18.9 Å². The fourth-order valence-corrected chi connectivity index (χ4v) is 2.97. The lowest BCUT2D eigenvalue weighted by molar-refractivity contribution is 0.207. The summed E-state index contributed by atoms with van der Waals surface area (Å²) in [7, 11) is 1.58. The van der Waals surface area contributed by atoms with Gasteiger partial charge in [0.1, 0.15) is 11.6 Å². The Hall–Kier alpha value is -2.56. The van der Waals surface area contributed by atoms with Crippen LogP contribution in [0, 0.1) is 5.82 Å². The quantitative estimate of drug-likeness (QED) is 0.922. The second-order valence-corrected chi connectivity index (χ2v) is 5.57. The Balaban J connectivity index is 1.75. The van der Waals surface area contributed by atoms with Crippen LogP contribution in [0.5, 0.6) is 5.75 Å². The van der Waals surface area contributed by atoms with E-state index in [1.807, 2.05) is 24.3 Å². The molecular formula is C18H19FN2O2. The van der Waals surface area contributed by atoms with Gasteiger partial charge in [-0.25, -0.2) is 9.18 Å². The van der Waals surface area contributed by atoms with Crippen LogP contribution in [0.25, 0.3) is 0 Å². The number of benzene rings is 2. The summed E-state index contributed by atoms with van der Waals surface area (Å²) in [6.07, 6.45) is 1.75. The van der Waals surface area contributed by atoms with Crippen molar-refractivity contribution >= 4 is 11.7 Å². The van der Waals surface area contributed by atoms with E-state index < -0.39 is 0 Å². The number of halogens is 1. The number of hydrogen-bond acceptors (Lipinski definition) is 2. The number of nitrogens with zero attached hydrogens (tertiary/aromatic N) is 1. The molecule has 4 nitrogen and oxygen atoms in total. The molecule has 0 aliphatic carbocycles. The highest BCUT2D eigenvalue weighted by Gasteiger charge is 2.30. The van der Waals surface area contributed by atoms with Gasteiger partial charge in [-0.3, -0.25) is 0 Å². The summed E-state index contributed by atoms with van der Waals surface area (Å²) in [6.45, 7) is 0.664. The smallest absolute Gasteiger partial charge is 0.322 e. The first kappa shape index (κ1) is 15.3. The van der Waals surface area contributed by atoms with Gasteiger partial charge in [0.15, 0.2) is 0 Å². The van der Waals surface area contributed by atoms with E-state index in [1.165, 1.54) is 12.1 Å². The van der Waals surface area contributed by atoms with Gasteiger partial charge < -0.3 is 15.0 Å². The van der Waals surface area contributed by atoms with Gasteiger partial charge in [0.05, 0.1) is 13.2 Å². The number of amides is 2. The Morgan fingerprint density at radius 3 is 2.87 bits per heavy atom. The number of methoxy groups -OCH3 is 1. The molecule has 3 rings (SSSR count). The maximum Gasteiger partial charge on any atom is 0.322 e. The summed E-state index contributed by atoms with van der Waals surface area (Å²) in [5, 5.41) is 2.89. The molecule has 23 heavy (non-hydrogen) atoms. The van der Waals surface area contributed by atoms with E-state index in [9.17, 15) is 9.18 Å². The van der Waals surface area contributed by atoms with Crippen molar-refractivity contribution in [1.82, 2.24) is 4.90 Å². The number of carbonyl (C=O) groups is 1. The number of carbonyl (C=O) groups excluding carboxylic acids is 1. The first-order valence-electron chi connectivity index (χ1n) is 7.64. The van der Waals surface area contributed by atoms with Crippen LogP contribution < -0.4 is 10.1 Å². The summed E-state index contributed by atoms with van der Waals surface area (Å²) in [6, 6.07) is 13.4.